The molecule has 1 saturated carbocycles. The second kappa shape index (κ2) is 2.81. The number of aliphatic hydroxyl groups is 1. The molecule has 0 spiro atoms. The minimum atomic E-state index is -1.04. The third kappa shape index (κ3) is 1.71. The summed E-state index contributed by atoms with van der Waals surface area (Å²) >= 11 is 0. The molecular formula is C8H15NO2. The van der Waals surface area contributed by atoms with Gasteiger partial charge in [-0.15, -0.1) is 0 Å². The highest BCUT2D eigenvalue weighted by atomic mass is 16.3. The highest BCUT2D eigenvalue weighted by Gasteiger charge is 2.41. The first-order valence-electron chi connectivity index (χ1n) is 4.08. The van der Waals surface area contributed by atoms with Crippen molar-refractivity contribution in [2.45, 2.75) is 44.8 Å². The molecule has 3 heteroatoms. The van der Waals surface area contributed by atoms with Crippen LogP contribution < -0.4 is 5.32 Å². The predicted octanol–water partition coefficient (Wildman–Crippen LogP) is 0.426. The highest BCUT2D eigenvalue weighted by molar-refractivity contribution is 5.85. The molecule has 0 heterocycles. The Hall–Kier alpha value is -0.570. The van der Waals surface area contributed by atoms with Gasteiger partial charge in [-0.1, -0.05) is 0 Å². The van der Waals surface area contributed by atoms with E-state index >= 15 is 0 Å². The van der Waals surface area contributed by atoms with Crippen molar-refractivity contribution in [3.05, 3.63) is 0 Å². The largest absolute Gasteiger partial charge is 0.380 e. The summed E-state index contributed by atoms with van der Waals surface area (Å²) in [6.45, 7) is 3.78. The molecule has 1 aliphatic carbocycles. The average Bonchev–Trinajstić information content (AvgIpc) is 1.81. The average molecular weight is 157 g/mol. The lowest BCUT2D eigenvalue weighted by Gasteiger charge is -2.35. The molecule has 0 saturated heterocycles. The summed E-state index contributed by atoms with van der Waals surface area (Å²) in [6.07, 6.45) is 2.19. The van der Waals surface area contributed by atoms with E-state index in [4.69, 9.17) is 0 Å². The fourth-order valence-electron chi connectivity index (χ4n) is 1.14. The van der Waals surface area contributed by atoms with Crippen molar-refractivity contribution in [1.82, 2.24) is 5.32 Å². The molecule has 1 rings (SSSR count). The topological polar surface area (TPSA) is 49.3 Å². The second-order valence-corrected chi connectivity index (χ2v) is 3.51. The van der Waals surface area contributed by atoms with Crippen LogP contribution in [0.3, 0.4) is 0 Å². The molecule has 0 aliphatic heterocycles. The summed E-state index contributed by atoms with van der Waals surface area (Å²) in [5.41, 5.74) is -1.04. The molecule has 2 N–H and O–H groups in total. The predicted molar refractivity (Wildman–Crippen MR) is 42.1 cm³/mol. The SMILES string of the molecule is CC(C)NC(=O)C1(O)CCC1. The van der Waals surface area contributed by atoms with Crippen molar-refractivity contribution in [1.29, 1.82) is 0 Å². The van der Waals surface area contributed by atoms with Crippen molar-refractivity contribution < 1.29 is 9.90 Å². The van der Waals surface area contributed by atoms with Crippen molar-refractivity contribution >= 4 is 5.91 Å². The van der Waals surface area contributed by atoms with Crippen LogP contribution >= 0.6 is 0 Å². The maximum absolute atomic E-state index is 11.2. The van der Waals surface area contributed by atoms with Crippen LogP contribution in [0, 0.1) is 0 Å². The van der Waals surface area contributed by atoms with E-state index in [0.29, 0.717) is 12.8 Å². The van der Waals surface area contributed by atoms with E-state index < -0.39 is 5.60 Å². The van der Waals surface area contributed by atoms with Crippen molar-refractivity contribution in [2.75, 3.05) is 0 Å². The fraction of sp³-hybridized carbons (Fsp3) is 0.875. The molecule has 1 aliphatic rings. The standard InChI is InChI=1S/C8H15NO2/c1-6(2)9-7(10)8(11)4-3-5-8/h6,11H,3-5H2,1-2H3,(H,9,10). The summed E-state index contributed by atoms with van der Waals surface area (Å²) in [4.78, 5) is 11.2. The van der Waals surface area contributed by atoms with Gasteiger partial charge in [0.05, 0.1) is 0 Å². The Morgan fingerprint density at radius 1 is 1.55 bits per heavy atom. The van der Waals surface area contributed by atoms with E-state index in [9.17, 15) is 9.90 Å². The lowest BCUT2D eigenvalue weighted by atomic mass is 9.79. The van der Waals surface area contributed by atoms with Gasteiger partial charge in [0.2, 0.25) is 0 Å². The van der Waals surface area contributed by atoms with Crippen LogP contribution in [0.25, 0.3) is 0 Å². The molecule has 3 nitrogen and oxygen atoms in total. The van der Waals surface area contributed by atoms with Gasteiger partial charge in [-0.3, -0.25) is 4.79 Å². The van der Waals surface area contributed by atoms with Gasteiger partial charge in [-0.2, -0.15) is 0 Å². The molecule has 0 unspecified atom stereocenters. The highest BCUT2D eigenvalue weighted by Crippen LogP contribution is 2.31. The molecule has 11 heavy (non-hydrogen) atoms. The Balaban J connectivity index is 2.40. The minimum Gasteiger partial charge on any atom is -0.380 e. The van der Waals surface area contributed by atoms with Gasteiger partial charge >= 0.3 is 0 Å². The summed E-state index contributed by atoms with van der Waals surface area (Å²) in [5, 5.41) is 12.2. The smallest absolute Gasteiger partial charge is 0.252 e. The van der Waals surface area contributed by atoms with Crippen LogP contribution in [0.15, 0.2) is 0 Å². The molecule has 0 aromatic heterocycles. The zero-order valence-corrected chi connectivity index (χ0v) is 7.05. The van der Waals surface area contributed by atoms with Crippen LogP contribution in [0.1, 0.15) is 33.1 Å². The van der Waals surface area contributed by atoms with Gasteiger partial charge in [0, 0.05) is 6.04 Å². The number of nitrogens with one attached hydrogen (secondary N) is 1. The van der Waals surface area contributed by atoms with E-state index in [2.05, 4.69) is 5.32 Å². The number of carbonyl (C=O) groups is 1. The van der Waals surface area contributed by atoms with Crippen LogP contribution in [-0.4, -0.2) is 22.7 Å². The normalized spacial score (nSPS) is 21.1. The maximum Gasteiger partial charge on any atom is 0.252 e. The lowest BCUT2D eigenvalue weighted by Crippen LogP contribution is -2.53. The molecule has 0 aromatic carbocycles. The molecule has 0 bridgehead atoms. The number of carbonyl (C=O) groups excluding carboxylic acids is 1. The van der Waals surface area contributed by atoms with Gasteiger partial charge in [0.1, 0.15) is 5.60 Å². The second-order valence-electron chi connectivity index (χ2n) is 3.51. The van der Waals surface area contributed by atoms with Crippen LogP contribution in [0.2, 0.25) is 0 Å². The van der Waals surface area contributed by atoms with E-state index in [0.717, 1.165) is 6.42 Å². The Kier molecular flexibility index (Phi) is 2.18. The lowest BCUT2D eigenvalue weighted by molar-refractivity contribution is -0.149. The fourth-order valence-corrected chi connectivity index (χ4v) is 1.14. The first kappa shape index (κ1) is 8.53. The third-order valence-electron chi connectivity index (χ3n) is 2.02. The van der Waals surface area contributed by atoms with Crippen molar-refractivity contribution in [2.24, 2.45) is 0 Å². The van der Waals surface area contributed by atoms with Gasteiger partial charge in [0.25, 0.3) is 5.91 Å². The van der Waals surface area contributed by atoms with E-state index in [1.165, 1.54) is 0 Å². The maximum atomic E-state index is 11.2. The Morgan fingerprint density at radius 2 is 2.09 bits per heavy atom. The Labute approximate surface area is 66.8 Å². The van der Waals surface area contributed by atoms with Crippen molar-refractivity contribution in [3.8, 4) is 0 Å². The van der Waals surface area contributed by atoms with E-state index in [-0.39, 0.29) is 11.9 Å². The van der Waals surface area contributed by atoms with Gasteiger partial charge in [-0.25, -0.2) is 0 Å². The molecule has 0 atom stereocenters. The van der Waals surface area contributed by atoms with Gasteiger partial charge in [0.15, 0.2) is 0 Å². The summed E-state index contributed by atoms with van der Waals surface area (Å²) in [7, 11) is 0. The number of amides is 1. The Bertz CT molecular complexity index is 161. The number of hydrogen-bond acceptors (Lipinski definition) is 2. The molecular weight excluding hydrogens is 142 g/mol. The molecule has 0 radical (unpaired) electrons. The number of hydrogen-bond donors (Lipinski definition) is 2. The van der Waals surface area contributed by atoms with Crippen LogP contribution in [0.4, 0.5) is 0 Å². The first-order valence-corrected chi connectivity index (χ1v) is 4.08. The van der Waals surface area contributed by atoms with Crippen molar-refractivity contribution in [3.63, 3.8) is 0 Å². The molecule has 1 amide bonds. The minimum absolute atomic E-state index is 0.118. The van der Waals surface area contributed by atoms with E-state index in [1.807, 2.05) is 13.8 Å². The molecule has 1 fully saturated rings. The van der Waals surface area contributed by atoms with E-state index in [1.54, 1.807) is 0 Å². The first-order chi connectivity index (χ1) is 5.04. The zero-order chi connectivity index (χ0) is 8.48. The van der Waals surface area contributed by atoms with Gasteiger partial charge in [-0.05, 0) is 33.1 Å². The summed E-state index contributed by atoms with van der Waals surface area (Å²) < 4.78 is 0. The molecule has 0 aromatic rings. The van der Waals surface area contributed by atoms with Gasteiger partial charge < -0.3 is 10.4 Å². The number of rotatable bonds is 2. The third-order valence-corrected chi connectivity index (χ3v) is 2.02. The Morgan fingerprint density at radius 3 is 2.36 bits per heavy atom. The summed E-state index contributed by atoms with van der Waals surface area (Å²) in [5.74, 6) is -0.209. The summed E-state index contributed by atoms with van der Waals surface area (Å²) in [6, 6.07) is 0.118. The monoisotopic (exact) mass is 157 g/mol. The van der Waals surface area contributed by atoms with Crippen LogP contribution in [-0.2, 0) is 4.79 Å². The quantitative estimate of drug-likeness (QED) is 0.610. The van der Waals surface area contributed by atoms with Crippen LogP contribution in [0.5, 0.6) is 0 Å². The molecule has 64 valence electrons. The zero-order valence-electron chi connectivity index (χ0n) is 7.05.